The Morgan fingerprint density at radius 2 is 2.20 bits per heavy atom. The molecule has 0 saturated heterocycles. The minimum atomic E-state index is -0.204. The molecule has 108 valence electrons. The summed E-state index contributed by atoms with van der Waals surface area (Å²) in [6.07, 6.45) is 2.54. The summed E-state index contributed by atoms with van der Waals surface area (Å²) in [6, 6.07) is 4.50. The van der Waals surface area contributed by atoms with Crippen LogP contribution in [0.2, 0.25) is 0 Å². The highest BCUT2D eigenvalue weighted by Crippen LogP contribution is 2.26. The third-order valence-corrected chi connectivity index (χ3v) is 3.78. The number of aromatic hydroxyl groups is 1. The van der Waals surface area contributed by atoms with E-state index in [0.29, 0.717) is 11.1 Å². The number of nitrogens with zero attached hydrogens (tertiary/aromatic N) is 1. The number of hydrogen-bond acceptors (Lipinski definition) is 4. The zero-order chi connectivity index (χ0) is 14.7. The zero-order valence-corrected chi connectivity index (χ0v) is 11.3. The number of oxime groups is 1. The highest BCUT2D eigenvalue weighted by atomic mass is 16.4. The normalized spacial score (nSPS) is 22.8. The molecular formula is C14H19N3O3. The molecule has 0 bridgehead atoms. The Bertz CT molecular complexity index is 542. The molecule has 0 heterocycles. The van der Waals surface area contributed by atoms with Crippen LogP contribution in [0.5, 0.6) is 5.75 Å². The smallest absolute Gasteiger partial charge is 0.251 e. The number of phenols is 1. The Morgan fingerprint density at radius 1 is 1.45 bits per heavy atom. The van der Waals surface area contributed by atoms with Crippen LogP contribution in [0.25, 0.3) is 0 Å². The summed E-state index contributed by atoms with van der Waals surface area (Å²) in [5.74, 6) is -0.0313. The van der Waals surface area contributed by atoms with E-state index in [1.807, 2.05) is 0 Å². The number of nitrogens with one attached hydrogen (secondary N) is 1. The van der Waals surface area contributed by atoms with Gasteiger partial charge in [-0.25, -0.2) is 0 Å². The average molecular weight is 277 g/mol. The molecule has 1 amide bonds. The number of phenolic OH excluding ortho intramolecular Hbond substituents is 1. The van der Waals surface area contributed by atoms with Crippen molar-refractivity contribution in [3.8, 4) is 5.75 Å². The van der Waals surface area contributed by atoms with Gasteiger partial charge < -0.3 is 21.4 Å². The van der Waals surface area contributed by atoms with Crippen molar-refractivity contribution in [2.45, 2.75) is 32.2 Å². The number of aryl methyl sites for hydroxylation is 1. The van der Waals surface area contributed by atoms with E-state index in [-0.39, 0.29) is 29.5 Å². The number of carbonyl (C=O) groups excluding carboxylic acids is 1. The maximum Gasteiger partial charge on any atom is 0.251 e. The van der Waals surface area contributed by atoms with E-state index < -0.39 is 0 Å². The van der Waals surface area contributed by atoms with Gasteiger partial charge in [0.2, 0.25) is 0 Å². The SMILES string of the molecule is Cc1cc(O)ccc1C(=O)NC1CCCC1/C(N)=N/O. The molecule has 0 radical (unpaired) electrons. The Labute approximate surface area is 117 Å². The summed E-state index contributed by atoms with van der Waals surface area (Å²) >= 11 is 0. The third kappa shape index (κ3) is 2.84. The lowest BCUT2D eigenvalue weighted by Gasteiger charge is -2.20. The number of amidine groups is 1. The molecule has 1 aromatic carbocycles. The lowest BCUT2D eigenvalue weighted by Crippen LogP contribution is -2.42. The van der Waals surface area contributed by atoms with Crippen molar-refractivity contribution in [3.63, 3.8) is 0 Å². The minimum Gasteiger partial charge on any atom is -0.508 e. The minimum absolute atomic E-state index is 0.119. The molecule has 1 aliphatic carbocycles. The van der Waals surface area contributed by atoms with Gasteiger partial charge in [-0.2, -0.15) is 0 Å². The van der Waals surface area contributed by atoms with Crippen LogP contribution in [0.4, 0.5) is 0 Å². The van der Waals surface area contributed by atoms with Gasteiger partial charge in [-0.15, -0.1) is 0 Å². The predicted molar refractivity (Wildman–Crippen MR) is 74.8 cm³/mol. The van der Waals surface area contributed by atoms with Crippen molar-refractivity contribution in [1.82, 2.24) is 5.32 Å². The van der Waals surface area contributed by atoms with Gasteiger partial charge in [0.25, 0.3) is 5.91 Å². The molecule has 2 atom stereocenters. The summed E-state index contributed by atoms with van der Waals surface area (Å²) < 4.78 is 0. The van der Waals surface area contributed by atoms with E-state index >= 15 is 0 Å². The molecule has 5 N–H and O–H groups in total. The summed E-state index contributed by atoms with van der Waals surface area (Å²) in [5.41, 5.74) is 6.88. The molecule has 20 heavy (non-hydrogen) atoms. The molecule has 1 aliphatic rings. The molecule has 6 heteroatoms. The second kappa shape index (κ2) is 5.81. The number of rotatable bonds is 3. The maximum atomic E-state index is 12.3. The van der Waals surface area contributed by atoms with Crippen molar-refractivity contribution >= 4 is 11.7 Å². The molecule has 0 aliphatic heterocycles. The van der Waals surface area contributed by atoms with E-state index in [4.69, 9.17) is 10.9 Å². The number of nitrogens with two attached hydrogens (primary N) is 1. The van der Waals surface area contributed by atoms with Crippen molar-refractivity contribution in [1.29, 1.82) is 0 Å². The van der Waals surface area contributed by atoms with E-state index in [0.717, 1.165) is 19.3 Å². The first-order valence-electron chi connectivity index (χ1n) is 6.61. The molecule has 1 saturated carbocycles. The van der Waals surface area contributed by atoms with Gasteiger partial charge in [0.15, 0.2) is 0 Å². The molecule has 1 aromatic rings. The van der Waals surface area contributed by atoms with Crippen LogP contribution in [0, 0.1) is 12.8 Å². The molecule has 1 fully saturated rings. The molecule has 2 rings (SSSR count). The summed E-state index contributed by atoms with van der Waals surface area (Å²) in [6.45, 7) is 1.77. The van der Waals surface area contributed by atoms with E-state index in [2.05, 4.69) is 10.5 Å². The zero-order valence-electron chi connectivity index (χ0n) is 11.3. The monoisotopic (exact) mass is 277 g/mol. The Balaban J connectivity index is 2.11. The highest BCUT2D eigenvalue weighted by Gasteiger charge is 2.32. The summed E-state index contributed by atoms with van der Waals surface area (Å²) in [5, 5.41) is 24.1. The molecule has 6 nitrogen and oxygen atoms in total. The van der Waals surface area contributed by atoms with Crippen molar-refractivity contribution in [3.05, 3.63) is 29.3 Å². The highest BCUT2D eigenvalue weighted by molar-refractivity contribution is 5.96. The lowest BCUT2D eigenvalue weighted by molar-refractivity contribution is 0.0932. The Hall–Kier alpha value is -2.24. The predicted octanol–water partition coefficient (Wildman–Crippen LogP) is 1.35. The van der Waals surface area contributed by atoms with Gasteiger partial charge in [-0.3, -0.25) is 4.79 Å². The maximum absolute atomic E-state index is 12.3. The first-order chi connectivity index (χ1) is 9.52. The van der Waals surface area contributed by atoms with Crippen molar-refractivity contribution < 1.29 is 15.1 Å². The number of carbonyl (C=O) groups is 1. The summed E-state index contributed by atoms with van der Waals surface area (Å²) in [7, 11) is 0. The van der Waals surface area contributed by atoms with Gasteiger partial charge in [0, 0.05) is 17.5 Å². The first-order valence-corrected chi connectivity index (χ1v) is 6.61. The van der Waals surface area contributed by atoms with Gasteiger partial charge in [-0.05, 0) is 43.5 Å². The van der Waals surface area contributed by atoms with Crippen LogP contribution in [-0.2, 0) is 0 Å². The topological polar surface area (TPSA) is 108 Å². The van der Waals surface area contributed by atoms with Crippen LogP contribution in [-0.4, -0.2) is 28.1 Å². The second-order valence-electron chi connectivity index (χ2n) is 5.14. The molecular weight excluding hydrogens is 258 g/mol. The first kappa shape index (κ1) is 14.2. The van der Waals surface area contributed by atoms with Crippen molar-refractivity contribution in [2.24, 2.45) is 16.8 Å². The van der Waals surface area contributed by atoms with Crippen LogP contribution >= 0.6 is 0 Å². The number of amides is 1. The fourth-order valence-corrected chi connectivity index (χ4v) is 2.71. The fraction of sp³-hybridized carbons (Fsp3) is 0.429. The Kier molecular flexibility index (Phi) is 4.12. The van der Waals surface area contributed by atoms with Crippen LogP contribution in [0.3, 0.4) is 0 Å². The largest absolute Gasteiger partial charge is 0.508 e. The second-order valence-corrected chi connectivity index (χ2v) is 5.14. The van der Waals surface area contributed by atoms with Crippen molar-refractivity contribution in [2.75, 3.05) is 0 Å². The van der Waals surface area contributed by atoms with E-state index in [1.54, 1.807) is 19.1 Å². The number of hydrogen-bond donors (Lipinski definition) is 4. The fourth-order valence-electron chi connectivity index (χ4n) is 2.71. The quantitative estimate of drug-likeness (QED) is 0.289. The van der Waals surface area contributed by atoms with E-state index in [1.165, 1.54) is 6.07 Å². The molecule has 0 aromatic heterocycles. The third-order valence-electron chi connectivity index (χ3n) is 3.78. The number of benzene rings is 1. The van der Waals surface area contributed by atoms with Gasteiger partial charge >= 0.3 is 0 Å². The van der Waals surface area contributed by atoms with Crippen LogP contribution in [0.15, 0.2) is 23.4 Å². The van der Waals surface area contributed by atoms with Crippen LogP contribution in [0.1, 0.15) is 35.2 Å². The van der Waals surface area contributed by atoms with Gasteiger partial charge in [-0.1, -0.05) is 11.6 Å². The summed E-state index contributed by atoms with van der Waals surface area (Å²) in [4.78, 5) is 12.3. The lowest BCUT2D eigenvalue weighted by atomic mass is 10.0. The standard InChI is InChI=1S/C14H19N3O3/c1-8-7-9(18)5-6-10(8)14(19)16-12-4-2-3-11(12)13(15)17-20/h5-7,11-12,18,20H,2-4H2,1H3,(H2,15,17)(H,16,19). The van der Waals surface area contributed by atoms with Crippen LogP contribution < -0.4 is 11.1 Å². The Morgan fingerprint density at radius 3 is 2.85 bits per heavy atom. The molecule has 0 spiro atoms. The molecule has 2 unspecified atom stereocenters. The average Bonchev–Trinajstić information content (AvgIpc) is 2.85. The van der Waals surface area contributed by atoms with E-state index in [9.17, 15) is 9.90 Å². The van der Waals surface area contributed by atoms with Gasteiger partial charge in [0.05, 0.1) is 0 Å². The van der Waals surface area contributed by atoms with Gasteiger partial charge in [0.1, 0.15) is 11.6 Å².